The summed E-state index contributed by atoms with van der Waals surface area (Å²) in [5, 5.41) is 11.7. The van der Waals surface area contributed by atoms with Crippen LogP contribution in [0.1, 0.15) is 42.6 Å². The van der Waals surface area contributed by atoms with Crippen molar-refractivity contribution in [3.63, 3.8) is 0 Å². The Hall–Kier alpha value is -1.59. The zero-order valence-electron chi connectivity index (χ0n) is 13.2. The summed E-state index contributed by atoms with van der Waals surface area (Å²) in [5.41, 5.74) is 1.27. The van der Waals surface area contributed by atoms with E-state index in [1.807, 2.05) is 6.07 Å². The minimum Gasteiger partial charge on any atom is -0.348 e. The lowest BCUT2D eigenvalue weighted by Crippen LogP contribution is -2.55. The van der Waals surface area contributed by atoms with E-state index >= 15 is 0 Å². The third-order valence-corrected chi connectivity index (χ3v) is 5.65. The minimum absolute atomic E-state index is 0.105. The van der Waals surface area contributed by atoms with Crippen molar-refractivity contribution in [1.29, 1.82) is 0 Å². The number of benzene rings is 1. The summed E-state index contributed by atoms with van der Waals surface area (Å²) >= 11 is 6.05. The topological polar surface area (TPSA) is 61.0 Å². The Balaban J connectivity index is 1.52. The molecular formula is C17H21ClN4O. The van der Waals surface area contributed by atoms with Crippen molar-refractivity contribution in [3.8, 4) is 0 Å². The Labute approximate surface area is 140 Å². The number of halogens is 1. The molecule has 6 heteroatoms. The minimum atomic E-state index is -0.105. The molecule has 1 aromatic heterocycles. The van der Waals surface area contributed by atoms with Crippen LogP contribution in [0.4, 0.5) is 0 Å². The number of carbonyl (C=O) groups is 1. The second-order valence-corrected chi connectivity index (χ2v) is 7.24. The van der Waals surface area contributed by atoms with E-state index in [-0.39, 0.29) is 11.9 Å². The molecule has 3 atom stereocenters. The molecule has 0 radical (unpaired) electrons. The van der Waals surface area contributed by atoms with Gasteiger partial charge in [-0.2, -0.15) is 5.10 Å². The van der Waals surface area contributed by atoms with Crippen LogP contribution in [0.5, 0.6) is 0 Å². The lowest BCUT2D eigenvalue weighted by Gasteiger charge is -2.47. The van der Waals surface area contributed by atoms with Crippen LogP contribution in [0.2, 0.25) is 5.02 Å². The van der Waals surface area contributed by atoms with E-state index in [1.54, 1.807) is 12.1 Å². The predicted molar refractivity (Wildman–Crippen MR) is 90.8 cm³/mol. The fourth-order valence-electron chi connectivity index (χ4n) is 4.15. The number of fused-ring (bicyclic) bond motifs is 3. The number of hydrogen-bond acceptors (Lipinski definition) is 3. The molecule has 0 saturated carbocycles. The normalized spacial score (nSPS) is 28.0. The summed E-state index contributed by atoms with van der Waals surface area (Å²) in [6.07, 6.45) is 5.84. The van der Waals surface area contributed by atoms with Crippen molar-refractivity contribution in [3.05, 3.63) is 28.9 Å². The highest BCUT2D eigenvalue weighted by Crippen LogP contribution is 2.32. The van der Waals surface area contributed by atoms with Crippen molar-refractivity contribution in [2.45, 2.75) is 50.2 Å². The molecule has 1 aromatic carbocycles. The van der Waals surface area contributed by atoms with Crippen molar-refractivity contribution in [1.82, 2.24) is 20.4 Å². The van der Waals surface area contributed by atoms with E-state index in [2.05, 4.69) is 27.5 Å². The van der Waals surface area contributed by atoms with Gasteiger partial charge in [-0.15, -0.1) is 0 Å². The van der Waals surface area contributed by atoms with E-state index in [9.17, 15) is 4.79 Å². The summed E-state index contributed by atoms with van der Waals surface area (Å²) < 4.78 is 0. The smallest absolute Gasteiger partial charge is 0.272 e. The summed E-state index contributed by atoms with van der Waals surface area (Å²) in [5.74, 6) is -0.105. The van der Waals surface area contributed by atoms with Crippen LogP contribution < -0.4 is 5.32 Å². The highest BCUT2D eigenvalue weighted by atomic mass is 35.5. The number of aromatic nitrogens is 2. The zero-order valence-corrected chi connectivity index (χ0v) is 13.9. The molecule has 2 N–H and O–H groups in total. The van der Waals surface area contributed by atoms with Crippen molar-refractivity contribution < 1.29 is 4.79 Å². The van der Waals surface area contributed by atoms with E-state index in [0.717, 1.165) is 23.7 Å². The fourth-order valence-corrected chi connectivity index (χ4v) is 4.32. The number of nitrogens with one attached hydrogen (secondary N) is 2. The van der Waals surface area contributed by atoms with Crippen molar-refractivity contribution in [2.75, 3.05) is 7.05 Å². The molecule has 1 amide bonds. The number of hydrogen-bond donors (Lipinski definition) is 2. The Morgan fingerprint density at radius 1 is 1.35 bits per heavy atom. The monoisotopic (exact) mass is 332 g/mol. The Morgan fingerprint density at radius 3 is 2.83 bits per heavy atom. The number of aromatic amines is 1. The van der Waals surface area contributed by atoms with Crippen LogP contribution in [0.25, 0.3) is 10.9 Å². The molecule has 2 aromatic rings. The lowest BCUT2D eigenvalue weighted by molar-refractivity contribution is 0.0462. The van der Waals surface area contributed by atoms with Crippen LogP contribution in [0, 0.1) is 0 Å². The SMILES string of the molecule is CN1[C@@H]2CCC[C@H]1C[C@@H](NC(=O)c1n[nH]c3ccc(Cl)cc13)C2. The van der Waals surface area contributed by atoms with E-state index in [1.165, 1.54) is 19.3 Å². The van der Waals surface area contributed by atoms with Gasteiger partial charge < -0.3 is 10.2 Å². The summed E-state index contributed by atoms with van der Waals surface area (Å²) in [4.78, 5) is 15.1. The van der Waals surface area contributed by atoms with Gasteiger partial charge in [0.15, 0.2) is 5.69 Å². The Kier molecular flexibility index (Phi) is 3.77. The Bertz CT molecular complexity index is 729. The molecule has 0 spiro atoms. The highest BCUT2D eigenvalue weighted by Gasteiger charge is 2.36. The van der Waals surface area contributed by atoms with Gasteiger partial charge in [0, 0.05) is 28.5 Å². The number of piperidine rings is 2. The van der Waals surface area contributed by atoms with Gasteiger partial charge in [-0.05, 0) is 50.9 Å². The summed E-state index contributed by atoms with van der Waals surface area (Å²) in [6.45, 7) is 0. The number of H-pyrrole nitrogens is 1. The molecule has 2 aliphatic rings. The largest absolute Gasteiger partial charge is 0.348 e. The number of rotatable bonds is 2. The van der Waals surface area contributed by atoms with Gasteiger partial charge in [0.25, 0.3) is 5.91 Å². The Morgan fingerprint density at radius 2 is 2.09 bits per heavy atom. The van der Waals surface area contributed by atoms with Crippen LogP contribution in [-0.4, -0.2) is 46.2 Å². The molecule has 0 unspecified atom stereocenters. The first-order valence-corrected chi connectivity index (χ1v) is 8.66. The highest BCUT2D eigenvalue weighted by molar-refractivity contribution is 6.31. The molecule has 2 saturated heterocycles. The van der Waals surface area contributed by atoms with Crippen molar-refractivity contribution in [2.24, 2.45) is 0 Å². The molecule has 2 bridgehead atoms. The van der Waals surface area contributed by atoms with E-state index in [4.69, 9.17) is 11.6 Å². The molecule has 23 heavy (non-hydrogen) atoms. The van der Waals surface area contributed by atoms with Crippen LogP contribution in [0.3, 0.4) is 0 Å². The molecule has 0 aliphatic carbocycles. The van der Waals surface area contributed by atoms with Gasteiger partial charge >= 0.3 is 0 Å². The van der Waals surface area contributed by atoms with Gasteiger partial charge in [0.1, 0.15) is 0 Å². The van der Waals surface area contributed by atoms with Crippen LogP contribution in [-0.2, 0) is 0 Å². The molecule has 2 aliphatic heterocycles. The number of carbonyl (C=O) groups excluding carboxylic acids is 1. The third kappa shape index (κ3) is 2.72. The van der Waals surface area contributed by atoms with Gasteiger partial charge in [-0.25, -0.2) is 0 Å². The zero-order chi connectivity index (χ0) is 16.0. The maximum Gasteiger partial charge on any atom is 0.272 e. The second kappa shape index (κ2) is 5.80. The molecule has 4 rings (SSSR count). The predicted octanol–water partition coefficient (Wildman–Crippen LogP) is 2.96. The third-order valence-electron chi connectivity index (χ3n) is 5.42. The van der Waals surface area contributed by atoms with Gasteiger partial charge in [0.2, 0.25) is 0 Å². The van der Waals surface area contributed by atoms with Crippen LogP contribution >= 0.6 is 11.6 Å². The molecule has 122 valence electrons. The van der Waals surface area contributed by atoms with Crippen LogP contribution in [0.15, 0.2) is 18.2 Å². The maximum atomic E-state index is 12.7. The van der Waals surface area contributed by atoms with Crippen molar-refractivity contribution >= 4 is 28.4 Å². The second-order valence-electron chi connectivity index (χ2n) is 6.81. The summed E-state index contributed by atoms with van der Waals surface area (Å²) in [6, 6.07) is 6.86. The van der Waals surface area contributed by atoms with E-state index < -0.39 is 0 Å². The molecule has 2 fully saturated rings. The molecule has 5 nitrogen and oxygen atoms in total. The van der Waals surface area contributed by atoms with Gasteiger partial charge in [-0.1, -0.05) is 18.0 Å². The fraction of sp³-hybridized carbons (Fsp3) is 0.529. The van der Waals surface area contributed by atoms with Gasteiger partial charge in [-0.3, -0.25) is 9.89 Å². The van der Waals surface area contributed by atoms with E-state index in [0.29, 0.717) is 22.8 Å². The standard InChI is InChI=1S/C17H21ClN4O/c1-22-12-3-2-4-13(22)9-11(8-12)19-17(23)16-14-7-10(18)5-6-15(14)20-21-16/h5-7,11-13H,2-4,8-9H2,1H3,(H,19,23)(H,20,21)/t11-,12+,13-. The number of nitrogens with zero attached hydrogens (tertiary/aromatic N) is 2. The van der Waals surface area contributed by atoms with Gasteiger partial charge in [0.05, 0.1) is 5.52 Å². The first kappa shape index (κ1) is 15.0. The first-order chi connectivity index (χ1) is 11.1. The lowest BCUT2D eigenvalue weighted by atomic mass is 9.82. The maximum absolute atomic E-state index is 12.7. The summed E-state index contributed by atoms with van der Waals surface area (Å²) in [7, 11) is 2.22. The average Bonchev–Trinajstić information content (AvgIpc) is 2.91. The first-order valence-electron chi connectivity index (χ1n) is 8.28. The molecular weight excluding hydrogens is 312 g/mol. The average molecular weight is 333 g/mol. The molecule has 3 heterocycles. The number of amides is 1. The quantitative estimate of drug-likeness (QED) is 0.888.